The first-order valence-corrected chi connectivity index (χ1v) is 12.0. The molecule has 1 unspecified atom stereocenters. The van der Waals surface area contributed by atoms with Crippen LogP contribution in [0.1, 0.15) is 61.8 Å². The Morgan fingerprint density at radius 3 is 2.57 bits per heavy atom. The molecule has 7 nitrogen and oxygen atoms in total. The number of hydrogen-bond donors (Lipinski definition) is 1. The molecule has 1 aliphatic rings. The van der Waals surface area contributed by atoms with Crippen molar-refractivity contribution in [1.29, 1.82) is 0 Å². The number of carbonyl (C=O) groups is 1. The standard InChI is InChI=1S/C27H30F3N5O2/c1-15-20(8-7-9-22(15)27(28,29)30)16(2)32-24-21-12-19(13-31-23(21)33-17(3)34-24)18-10-11-35(14-18)25(36)37-26(4,5)6/h7-10,12-13,16H,11,14H2,1-6H3,(H,31,32,33,34). The molecule has 0 radical (unpaired) electrons. The Hall–Kier alpha value is -3.69. The first-order chi connectivity index (χ1) is 17.2. The highest BCUT2D eigenvalue weighted by Crippen LogP contribution is 2.36. The normalized spacial score (nSPS) is 15.1. The third-order valence-corrected chi connectivity index (χ3v) is 6.11. The van der Waals surface area contributed by atoms with Crippen molar-refractivity contribution in [2.45, 2.75) is 59.4 Å². The number of ether oxygens (including phenoxy) is 1. The van der Waals surface area contributed by atoms with E-state index in [2.05, 4.69) is 20.3 Å². The molecule has 0 spiro atoms. The largest absolute Gasteiger partial charge is 0.444 e. The zero-order valence-corrected chi connectivity index (χ0v) is 21.7. The molecule has 2 aromatic heterocycles. The fourth-order valence-corrected chi connectivity index (χ4v) is 4.35. The molecule has 3 aromatic rings. The molecule has 0 fully saturated rings. The summed E-state index contributed by atoms with van der Waals surface area (Å²) in [6.07, 6.45) is -1.18. The molecular weight excluding hydrogens is 483 g/mol. The third kappa shape index (κ3) is 5.84. The van der Waals surface area contributed by atoms with E-state index in [1.807, 2.05) is 32.9 Å². The molecule has 1 N–H and O–H groups in total. The van der Waals surface area contributed by atoms with Crippen molar-refractivity contribution in [1.82, 2.24) is 19.9 Å². The maximum Gasteiger partial charge on any atom is 0.416 e. The van der Waals surface area contributed by atoms with Crippen molar-refractivity contribution < 1.29 is 22.7 Å². The fourth-order valence-electron chi connectivity index (χ4n) is 4.35. The van der Waals surface area contributed by atoms with Gasteiger partial charge in [0, 0.05) is 19.3 Å². The lowest BCUT2D eigenvalue weighted by atomic mass is 9.97. The number of anilines is 1. The van der Waals surface area contributed by atoms with E-state index < -0.39 is 23.4 Å². The number of benzene rings is 1. The minimum atomic E-state index is -4.43. The molecule has 0 saturated carbocycles. The van der Waals surface area contributed by atoms with Crippen molar-refractivity contribution in [2.24, 2.45) is 0 Å². The second-order valence-electron chi connectivity index (χ2n) is 10.2. The Kier molecular flexibility index (Phi) is 6.87. The zero-order valence-electron chi connectivity index (χ0n) is 21.7. The second-order valence-corrected chi connectivity index (χ2v) is 10.2. The lowest BCUT2D eigenvalue weighted by Gasteiger charge is -2.24. The van der Waals surface area contributed by atoms with Gasteiger partial charge in [-0.2, -0.15) is 13.2 Å². The van der Waals surface area contributed by atoms with E-state index in [1.165, 1.54) is 13.0 Å². The van der Waals surface area contributed by atoms with Gasteiger partial charge in [-0.25, -0.2) is 19.7 Å². The molecule has 4 rings (SSSR count). The Balaban J connectivity index is 1.63. The van der Waals surface area contributed by atoms with Crippen molar-refractivity contribution in [3.05, 3.63) is 64.6 Å². The summed E-state index contributed by atoms with van der Waals surface area (Å²) in [5.41, 5.74) is 1.63. The summed E-state index contributed by atoms with van der Waals surface area (Å²) < 4.78 is 45.8. The molecule has 1 aromatic carbocycles. The molecule has 0 bridgehead atoms. The number of halogens is 3. The van der Waals surface area contributed by atoms with Gasteiger partial charge in [-0.05, 0) is 75.9 Å². The van der Waals surface area contributed by atoms with Gasteiger partial charge in [0.25, 0.3) is 0 Å². The van der Waals surface area contributed by atoms with Crippen LogP contribution in [0.3, 0.4) is 0 Å². The molecule has 0 saturated heterocycles. The van der Waals surface area contributed by atoms with E-state index in [4.69, 9.17) is 4.74 Å². The molecule has 3 heterocycles. The van der Waals surface area contributed by atoms with E-state index >= 15 is 0 Å². The van der Waals surface area contributed by atoms with Crippen LogP contribution in [0.15, 0.2) is 36.5 Å². The first kappa shape index (κ1) is 26.4. The van der Waals surface area contributed by atoms with Gasteiger partial charge < -0.3 is 15.0 Å². The average molecular weight is 514 g/mol. The van der Waals surface area contributed by atoms with Gasteiger partial charge in [-0.15, -0.1) is 0 Å². The number of amides is 1. The second kappa shape index (κ2) is 9.64. The smallest absolute Gasteiger partial charge is 0.416 e. The van der Waals surface area contributed by atoms with Crippen LogP contribution in [0.4, 0.5) is 23.8 Å². The quantitative estimate of drug-likeness (QED) is 0.431. The SMILES string of the molecule is Cc1nc(NC(C)c2cccc(C(F)(F)F)c2C)c2cc(C3=CCN(C(=O)OC(C)(C)C)C3)cnc2n1. The minimum absolute atomic E-state index is 0.169. The molecule has 10 heteroatoms. The predicted octanol–water partition coefficient (Wildman–Crippen LogP) is 6.47. The monoisotopic (exact) mass is 513 g/mol. The molecule has 1 aliphatic heterocycles. The molecule has 1 amide bonds. The Morgan fingerprint density at radius 1 is 1.16 bits per heavy atom. The van der Waals surface area contributed by atoms with E-state index in [-0.39, 0.29) is 11.7 Å². The number of fused-ring (bicyclic) bond motifs is 1. The topological polar surface area (TPSA) is 80.2 Å². The molecule has 1 atom stereocenters. The summed E-state index contributed by atoms with van der Waals surface area (Å²) in [6.45, 7) is 11.3. The van der Waals surface area contributed by atoms with Crippen molar-refractivity contribution >= 4 is 28.5 Å². The number of rotatable bonds is 4. The van der Waals surface area contributed by atoms with Gasteiger partial charge in [0.15, 0.2) is 5.65 Å². The van der Waals surface area contributed by atoms with Gasteiger partial charge in [0.2, 0.25) is 0 Å². The van der Waals surface area contributed by atoms with Crippen LogP contribution in [0.25, 0.3) is 16.6 Å². The number of alkyl halides is 3. The van der Waals surface area contributed by atoms with Gasteiger partial charge in [0.05, 0.1) is 17.0 Å². The summed E-state index contributed by atoms with van der Waals surface area (Å²) in [7, 11) is 0. The van der Waals surface area contributed by atoms with Crippen LogP contribution in [-0.2, 0) is 10.9 Å². The third-order valence-electron chi connectivity index (χ3n) is 6.11. The molecule has 196 valence electrons. The summed E-state index contributed by atoms with van der Waals surface area (Å²) in [5, 5.41) is 3.90. The predicted molar refractivity (Wildman–Crippen MR) is 136 cm³/mol. The number of nitrogens with zero attached hydrogens (tertiary/aromatic N) is 4. The fraction of sp³-hybridized carbons (Fsp3) is 0.407. The summed E-state index contributed by atoms with van der Waals surface area (Å²) in [6, 6.07) is 5.60. The number of carbonyl (C=O) groups excluding carboxylic acids is 1. The Morgan fingerprint density at radius 2 is 1.89 bits per heavy atom. The van der Waals surface area contributed by atoms with E-state index in [1.54, 1.807) is 31.0 Å². The summed E-state index contributed by atoms with van der Waals surface area (Å²) >= 11 is 0. The van der Waals surface area contributed by atoms with Gasteiger partial charge in [-0.3, -0.25) is 0 Å². The van der Waals surface area contributed by atoms with E-state index in [9.17, 15) is 18.0 Å². The van der Waals surface area contributed by atoms with Crippen molar-refractivity contribution in [3.63, 3.8) is 0 Å². The lowest BCUT2D eigenvalue weighted by Crippen LogP contribution is -2.35. The Labute approximate surface area is 213 Å². The van der Waals surface area contributed by atoms with Crippen LogP contribution < -0.4 is 5.32 Å². The van der Waals surface area contributed by atoms with Crippen LogP contribution in [0.5, 0.6) is 0 Å². The van der Waals surface area contributed by atoms with Crippen molar-refractivity contribution in [3.8, 4) is 0 Å². The van der Waals surface area contributed by atoms with Crippen LogP contribution >= 0.6 is 0 Å². The van der Waals surface area contributed by atoms with Crippen LogP contribution in [0.2, 0.25) is 0 Å². The number of aryl methyl sites for hydroxylation is 1. The highest BCUT2D eigenvalue weighted by atomic mass is 19.4. The maximum atomic E-state index is 13.4. The maximum absolute atomic E-state index is 13.4. The first-order valence-electron chi connectivity index (χ1n) is 12.0. The molecule has 37 heavy (non-hydrogen) atoms. The zero-order chi connectivity index (χ0) is 27.1. The molecular formula is C27H30F3N5O2. The Bertz CT molecular complexity index is 1380. The van der Waals surface area contributed by atoms with Gasteiger partial charge in [-0.1, -0.05) is 18.2 Å². The van der Waals surface area contributed by atoms with Crippen molar-refractivity contribution in [2.75, 3.05) is 18.4 Å². The van der Waals surface area contributed by atoms with Gasteiger partial charge in [0.1, 0.15) is 17.2 Å². The summed E-state index contributed by atoms with van der Waals surface area (Å²) in [5.74, 6) is 0.961. The molecule has 0 aliphatic carbocycles. The highest BCUT2D eigenvalue weighted by Gasteiger charge is 2.33. The number of aromatic nitrogens is 3. The number of nitrogens with one attached hydrogen (secondary N) is 1. The highest BCUT2D eigenvalue weighted by molar-refractivity contribution is 5.90. The van der Waals surface area contributed by atoms with Crippen LogP contribution in [0, 0.1) is 13.8 Å². The number of hydrogen-bond acceptors (Lipinski definition) is 6. The number of pyridine rings is 1. The average Bonchev–Trinajstić information content (AvgIpc) is 3.27. The van der Waals surface area contributed by atoms with Crippen LogP contribution in [-0.4, -0.2) is 44.6 Å². The minimum Gasteiger partial charge on any atom is -0.444 e. The van der Waals surface area contributed by atoms with Gasteiger partial charge >= 0.3 is 12.3 Å². The van der Waals surface area contributed by atoms with E-state index in [0.29, 0.717) is 41.3 Å². The van der Waals surface area contributed by atoms with E-state index in [0.717, 1.165) is 17.2 Å². The summed E-state index contributed by atoms with van der Waals surface area (Å²) in [4.78, 5) is 27.5. The lowest BCUT2D eigenvalue weighted by molar-refractivity contribution is -0.138.